The maximum atomic E-state index is 3.41. The van der Waals surface area contributed by atoms with E-state index in [9.17, 15) is 0 Å². The number of anilines is 1. The van der Waals surface area contributed by atoms with Crippen molar-refractivity contribution >= 4 is 21.6 Å². The van der Waals surface area contributed by atoms with Crippen LogP contribution in [0.3, 0.4) is 0 Å². The first kappa shape index (κ1) is 9.03. The van der Waals surface area contributed by atoms with Crippen LogP contribution in [-0.2, 0) is 0 Å². The van der Waals surface area contributed by atoms with Crippen molar-refractivity contribution in [3.8, 4) is 0 Å². The molecule has 1 saturated heterocycles. The molecule has 1 fully saturated rings. The van der Waals surface area contributed by atoms with E-state index in [1.54, 1.807) is 0 Å². The number of nitrogens with one attached hydrogen (secondary N) is 2. The summed E-state index contributed by atoms with van der Waals surface area (Å²) in [5.41, 5.74) is 1.20. The van der Waals surface area contributed by atoms with Gasteiger partial charge in [-0.25, -0.2) is 0 Å². The summed E-state index contributed by atoms with van der Waals surface area (Å²) in [5.74, 6) is 0.809. The molecule has 0 unspecified atom stereocenters. The van der Waals surface area contributed by atoms with Crippen molar-refractivity contribution in [2.45, 2.75) is 0 Å². The zero-order valence-corrected chi connectivity index (χ0v) is 8.97. The van der Waals surface area contributed by atoms with E-state index in [1.165, 1.54) is 5.69 Å². The van der Waals surface area contributed by atoms with E-state index in [0.717, 1.165) is 30.0 Å². The van der Waals surface area contributed by atoms with E-state index in [1.807, 2.05) is 0 Å². The first-order valence-corrected chi connectivity index (χ1v) is 5.34. The zero-order valence-electron chi connectivity index (χ0n) is 7.39. The van der Waals surface area contributed by atoms with Gasteiger partial charge in [-0.15, -0.1) is 0 Å². The van der Waals surface area contributed by atoms with Gasteiger partial charge < -0.3 is 10.6 Å². The van der Waals surface area contributed by atoms with Gasteiger partial charge in [-0.05, 0) is 24.3 Å². The Morgan fingerprint density at radius 2 is 2.00 bits per heavy atom. The molecule has 0 amide bonds. The van der Waals surface area contributed by atoms with Crippen LogP contribution >= 0.6 is 15.9 Å². The maximum Gasteiger partial charge on any atom is 0.0341 e. The molecule has 1 aliphatic heterocycles. The number of hydrogen-bond acceptors (Lipinski definition) is 2. The molecule has 0 atom stereocenters. The van der Waals surface area contributed by atoms with Crippen LogP contribution in [0.1, 0.15) is 0 Å². The molecular formula is C10H13BrN2. The molecule has 0 aliphatic carbocycles. The summed E-state index contributed by atoms with van der Waals surface area (Å²) in [6.45, 7) is 3.39. The van der Waals surface area contributed by atoms with E-state index < -0.39 is 0 Å². The monoisotopic (exact) mass is 240 g/mol. The van der Waals surface area contributed by atoms with Crippen molar-refractivity contribution in [2.24, 2.45) is 5.92 Å². The van der Waals surface area contributed by atoms with E-state index >= 15 is 0 Å². The summed E-state index contributed by atoms with van der Waals surface area (Å²) >= 11 is 3.41. The normalized spacial score (nSPS) is 16.7. The fraction of sp³-hybridized carbons (Fsp3) is 0.400. The summed E-state index contributed by atoms with van der Waals surface area (Å²) in [6, 6.07) is 8.30. The van der Waals surface area contributed by atoms with Gasteiger partial charge in [-0.1, -0.05) is 15.9 Å². The van der Waals surface area contributed by atoms with Crippen molar-refractivity contribution in [1.29, 1.82) is 0 Å². The third kappa shape index (κ3) is 2.45. The quantitative estimate of drug-likeness (QED) is 0.846. The molecule has 0 radical (unpaired) electrons. The van der Waals surface area contributed by atoms with Gasteiger partial charge in [0.1, 0.15) is 0 Å². The molecule has 1 heterocycles. The van der Waals surface area contributed by atoms with Gasteiger partial charge in [0.05, 0.1) is 0 Å². The van der Waals surface area contributed by atoms with E-state index in [-0.39, 0.29) is 0 Å². The van der Waals surface area contributed by atoms with Crippen LogP contribution in [0.15, 0.2) is 28.7 Å². The molecule has 2 nitrogen and oxygen atoms in total. The maximum absolute atomic E-state index is 3.41. The second-order valence-electron chi connectivity index (χ2n) is 3.41. The lowest BCUT2D eigenvalue weighted by Gasteiger charge is -2.27. The molecule has 70 valence electrons. The molecule has 2 rings (SSSR count). The summed E-state index contributed by atoms with van der Waals surface area (Å²) in [5, 5.41) is 6.67. The summed E-state index contributed by atoms with van der Waals surface area (Å²) in [7, 11) is 0. The Kier molecular flexibility index (Phi) is 2.86. The summed E-state index contributed by atoms with van der Waals surface area (Å²) < 4.78 is 1.13. The Morgan fingerprint density at radius 3 is 2.54 bits per heavy atom. The van der Waals surface area contributed by atoms with Gasteiger partial charge in [-0.2, -0.15) is 0 Å². The van der Waals surface area contributed by atoms with Crippen molar-refractivity contribution in [1.82, 2.24) is 5.32 Å². The summed E-state index contributed by atoms with van der Waals surface area (Å²) in [6.07, 6.45) is 0. The predicted molar refractivity (Wildman–Crippen MR) is 59.0 cm³/mol. The number of halogens is 1. The molecule has 13 heavy (non-hydrogen) atoms. The fourth-order valence-corrected chi connectivity index (χ4v) is 1.59. The van der Waals surface area contributed by atoms with E-state index in [0.29, 0.717) is 0 Å². The van der Waals surface area contributed by atoms with Gasteiger partial charge in [0, 0.05) is 35.7 Å². The van der Waals surface area contributed by atoms with Crippen LogP contribution in [0.5, 0.6) is 0 Å². The largest absolute Gasteiger partial charge is 0.385 e. The Labute approximate surface area is 86.9 Å². The highest BCUT2D eigenvalue weighted by molar-refractivity contribution is 9.10. The Hall–Kier alpha value is -0.540. The van der Waals surface area contributed by atoms with Gasteiger partial charge >= 0.3 is 0 Å². The number of rotatable bonds is 3. The summed E-state index contributed by atoms with van der Waals surface area (Å²) in [4.78, 5) is 0. The average molecular weight is 241 g/mol. The lowest BCUT2D eigenvalue weighted by Crippen LogP contribution is -2.45. The molecule has 0 aromatic heterocycles. The molecule has 1 aromatic rings. The van der Waals surface area contributed by atoms with Crippen LogP contribution in [0.4, 0.5) is 5.69 Å². The highest BCUT2D eigenvalue weighted by Gasteiger charge is 2.15. The second-order valence-corrected chi connectivity index (χ2v) is 4.33. The predicted octanol–water partition coefficient (Wildman–Crippen LogP) is 2.08. The molecule has 0 spiro atoms. The van der Waals surface area contributed by atoms with Crippen molar-refractivity contribution in [3.05, 3.63) is 28.7 Å². The third-order valence-corrected chi connectivity index (χ3v) is 2.83. The molecule has 0 saturated carbocycles. The Morgan fingerprint density at radius 1 is 1.31 bits per heavy atom. The number of benzene rings is 1. The Balaban J connectivity index is 1.83. The van der Waals surface area contributed by atoms with Gasteiger partial charge in [0.25, 0.3) is 0 Å². The van der Waals surface area contributed by atoms with E-state index in [2.05, 4.69) is 50.8 Å². The fourth-order valence-electron chi connectivity index (χ4n) is 1.32. The van der Waals surface area contributed by atoms with Crippen LogP contribution in [-0.4, -0.2) is 19.6 Å². The van der Waals surface area contributed by atoms with Crippen molar-refractivity contribution in [2.75, 3.05) is 25.0 Å². The molecule has 2 N–H and O–H groups in total. The SMILES string of the molecule is Brc1ccc(NCC2CNC2)cc1. The average Bonchev–Trinajstić information content (AvgIpc) is 2.05. The second kappa shape index (κ2) is 4.11. The highest BCUT2D eigenvalue weighted by atomic mass is 79.9. The minimum Gasteiger partial charge on any atom is -0.385 e. The minimum absolute atomic E-state index is 0.809. The third-order valence-electron chi connectivity index (χ3n) is 2.31. The van der Waals surface area contributed by atoms with Crippen LogP contribution in [0, 0.1) is 5.92 Å². The lowest BCUT2D eigenvalue weighted by atomic mass is 10.0. The van der Waals surface area contributed by atoms with Crippen LogP contribution in [0.25, 0.3) is 0 Å². The topological polar surface area (TPSA) is 24.1 Å². The molecule has 3 heteroatoms. The van der Waals surface area contributed by atoms with Gasteiger partial charge in [-0.3, -0.25) is 0 Å². The minimum atomic E-state index is 0.809. The highest BCUT2D eigenvalue weighted by Crippen LogP contribution is 2.14. The van der Waals surface area contributed by atoms with Crippen molar-refractivity contribution in [3.63, 3.8) is 0 Å². The zero-order chi connectivity index (χ0) is 9.10. The smallest absolute Gasteiger partial charge is 0.0341 e. The van der Waals surface area contributed by atoms with E-state index in [4.69, 9.17) is 0 Å². The Bertz CT molecular complexity index is 267. The van der Waals surface area contributed by atoms with Crippen molar-refractivity contribution < 1.29 is 0 Å². The molecular weight excluding hydrogens is 228 g/mol. The standard InChI is InChI=1S/C10H13BrN2/c11-9-1-3-10(4-2-9)13-7-8-5-12-6-8/h1-4,8,12-13H,5-7H2. The molecule has 1 aromatic carbocycles. The first-order chi connectivity index (χ1) is 6.34. The van der Waals surface area contributed by atoms with Crippen LogP contribution < -0.4 is 10.6 Å². The first-order valence-electron chi connectivity index (χ1n) is 4.55. The number of hydrogen-bond donors (Lipinski definition) is 2. The molecule has 1 aliphatic rings. The van der Waals surface area contributed by atoms with Gasteiger partial charge in [0.2, 0.25) is 0 Å². The lowest BCUT2D eigenvalue weighted by molar-refractivity contribution is 0.365. The van der Waals surface area contributed by atoms with Gasteiger partial charge in [0.15, 0.2) is 0 Å². The molecule has 0 bridgehead atoms. The van der Waals surface area contributed by atoms with Crippen LogP contribution in [0.2, 0.25) is 0 Å².